The number of aromatic hydroxyl groups is 1. The summed E-state index contributed by atoms with van der Waals surface area (Å²) in [4.78, 5) is 12.0. The highest BCUT2D eigenvalue weighted by Gasteiger charge is 2.18. The predicted octanol–water partition coefficient (Wildman–Crippen LogP) is 2.58. The highest BCUT2D eigenvalue weighted by atomic mass is 16.5. The van der Waals surface area contributed by atoms with Gasteiger partial charge in [0.25, 0.3) is 0 Å². The number of nitrogens with two attached hydrogens (primary N) is 1. The molecule has 0 aliphatic rings. The van der Waals surface area contributed by atoms with Gasteiger partial charge in [0.1, 0.15) is 11.4 Å². The van der Waals surface area contributed by atoms with E-state index in [9.17, 15) is 9.90 Å². The number of phenols is 1. The van der Waals surface area contributed by atoms with Crippen molar-refractivity contribution in [1.82, 2.24) is 4.57 Å². The molecule has 2 aromatic rings. The number of carbonyl (C=O) groups excluding carboxylic acids is 1. The van der Waals surface area contributed by atoms with E-state index in [0.717, 1.165) is 0 Å². The Balaban J connectivity index is 2.24. The number of hydrogen-bond acceptors (Lipinski definition) is 4. The van der Waals surface area contributed by atoms with Crippen LogP contribution in [0.1, 0.15) is 30.2 Å². The fourth-order valence-electron chi connectivity index (χ4n) is 1.78. The SMILES string of the molecule is CC(C)n1ccc(C(=O)Oc2ccccc2O)c1N. The maximum absolute atomic E-state index is 12.0. The van der Waals surface area contributed by atoms with Crippen molar-refractivity contribution < 1.29 is 14.6 Å². The lowest BCUT2D eigenvalue weighted by atomic mass is 10.3. The van der Waals surface area contributed by atoms with E-state index in [4.69, 9.17) is 10.5 Å². The maximum atomic E-state index is 12.0. The summed E-state index contributed by atoms with van der Waals surface area (Å²) in [5, 5.41) is 9.56. The third kappa shape index (κ3) is 2.54. The van der Waals surface area contributed by atoms with Crippen molar-refractivity contribution in [3.8, 4) is 11.5 Å². The topological polar surface area (TPSA) is 77.5 Å². The van der Waals surface area contributed by atoms with Gasteiger partial charge in [-0.25, -0.2) is 4.79 Å². The van der Waals surface area contributed by atoms with Crippen LogP contribution in [0.15, 0.2) is 36.5 Å². The highest BCUT2D eigenvalue weighted by molar-refractivity contribution is 5.96. The maximum Gasteiger partial charge on any atom is 0.347 e. The first-order chi connectivity index (χ1) is 9.00. The summed E-state index contributed by atoms with van der Waals surface area (Å²) >= 11 is 0. The van der Waals surface area contributed by atoms with E-state index in [-0.39, 0.29) is 23.1 Å². The van der Waals surface area contributed by atoms with E-state index in [1.165, 1.54) is 12.1 Å². The van der Waals surface area contributed by atoms with Crippen molar-refractivity contribution in [3.05, 3.63) is 42.1 Å². The number of carbonyl (C=O) groups is 1. The largest absolute Gasteiger partial charge is 0.504 e. The Morgan fingerprint density at radius 2 is 2.00 bits per heavy atom. The third-order valence-electron chi connectivity index (χ3n) is 2.80. The first kappa shape index (κ1) is 13.0. The number of benzene rings is 1. The zero-order valence-electron chi connectivity index (χ0n) is 10.8. The van der Waals surface area contributed by atoms with Crippen LogP contribution < -0.4 is 10.5 Å². The van der Waals surface area contributed by atoms with Gasteiger partial charge in [-0.15, -0.1) is 0 Å². The van der Waals surface area contributed by atoms with Gasteiger partial charge in [-0.2, -0.15) is 0 Å². The molecule has 0 unspecified atom stereocenters. The van der Waals surface area contributed by atoms with Crippen molar-refractivity contribution >= 4 is 11.8 Å². The summed E-state index contributed by atoms with van der Waals surface area (Å²) in [7, 11) is 0. The van der Waals surface area contributed by atoms with E-state index < -0.39 is 5.97 Å². The van der Waals surface area contributed by atoms with Gasteiger partial charge in [-0.1, -0.05) is 12.1 Å². The summed E-state index contributed by atoms with van der Waals surface area (Å²) in [6.07, 6.45) is 1.74. The number of para-hydroxylation sites is 2. The number of hydrogen-bond donors (Lipinski definition) is 2. The Kier molecular flexibility index (Phi) is 3.46. The van der Waals surface area contributed by atoms with Gasteiger partial charge in [-0.3, -0.25) is 0 Å². The first-order valence-electron chi connectivity index (χ1n) is 5.97. The lowest BCUT2D eigenvalue weighted by Gasteiger charge is -2.10. The molecule has 0 saturated heterocycles. The summed E-state index contributed by atoms with van der Waals surface area (Å²) in [6.45, 7) is 3.93. The van der Waals surface area contributed by atoms with Crippen molar-refractivity contribution in [2.24, 2.45) is 0 Å². The number of esters is 1. The lowest BCUT2D eigenvalue weighted by molar-refractivity contribution is 0.0731. The summed E-state index contributed by atoms with van der Waals surface area (Å²) in [5.41, 5.74) is 6.19. The molecule has 0 atom stereocenters. The second kappa shape index (κ2) is 5.06. The number of aromatic nitrogens is 1. The van der Waals surface area contributed by atoms with Crippen molar-refractivity contribution in [2.45, 2.75) is 19.9 Å². The molecule has 1 aromatic heterocycles. The molecule has 0 bridgehead atoms. The molecule has 3 N–H and O–H groups in total. The number of ether oxygens (including phenoxy) is 1. The molecule has 1 heterocycles. The van der Waals surface area contributed by atoms with Crippen molar-refractivity contribution in [2.75, 3.05) is 5.73 Å². The minimum atomic E-state index is -0.585. The van der Waals surface area contributed by atoms with E-state index in [0.29, 0.717) is 5.82 Å². The molecule has 0 radical (unpaired) electrons. The van der Waals surface area contributed by atoms with E-state index in [2.05, 4.69) is 0 Å². The second-order valence-corrected chi connectivity index (χ2v) is 4.47. The van der Waals surface area contributed by atoms with Crippen molar-refractivity contribution in [1.29, 1.82) is 0 Å². The molecule has 1 aromatic carbocycles. The van der Waals surface area contributed by atoms with Gasteiger partial charge in [0.2, 0.25) is 0 Å². The van der Waals surface area contributed by atoms with Gasteiger partial charge < -0.3 is 20.1 Å². The minimum absolute atomic E-state index is 0.0855. The molecule has 0 amide bonds. The van der Waals surface area contributed by atoms with Crippen LogP contribution in [0.4, 0.5) is 5.82 Å². The molecule has 5 nitrogen and oxygen atoms in total. The first-order valence-corrected chi connectivity index (χ1v) is 5.97. The monoisotopic (exact) mass is 260 g/mol. The zero-order valence-corrected chi connectivity index (χ0v) is 10.8. The molecule has 0 saturated carbocycles. The van der Waals surface area contributed by atoms with Crippen LogP contribution >= 0.6 is 0 Å². The van der Waals surface area contributed by atoms with E-state index in [1.54, 1.807) is 29.0 Å². The van der Waals surface area contributed by atoms with Gasteiger partial charge >= 0.3 is 5.97 Å². The Hall–Kier alpha value is -2.43. The molecule has 0 aliphatic heterocycles. The quantitative estimate of drug-likeness (QED) is 0.656. The van der Waals surface area contributed by atoms with Gasteiger partial charge in [-0.05, 0) is 32.0 Å². The van der Waals surface area contributed by atoms with E-state index >= 15 is 0 Å². The number of phenolic OH excluding ortho intramolecular Hbond substituents is 1. The Morgan fingerprint density at radius 1 is 1.32 bits per heavy atom. The summed E-state index contributed by atoms with van der Waals surface area (Å²) in [5.74, 6) is -0.198. The minimum Gasteiger partial charge on any atom is -0.504 e. The highest BCUT2D eigenvalue weighted by Crippen LogP contribution is 2.27. The normalized spacial score (nSPS) is 10.7. The molecule has 0 spiro atoms. The van der Waals surface area contributed by atoms with Crippen LogP contribution in [0.3, 0.4) is 0 Å². The van der Waals surface area contributed by atoms with Crippen LogP contribution in [0.5, 0.6) is 11.5 Å². The smallest absolute Gasteiger partial charge is 0.347 e. The number of anilines is 1. The number of rotatable bonds is 3. The zero-order chi connectivity index (χ0) is 14.0. The third-order valence-corrected chi connectivity index (χ3v) is 2.80. The standard InChI is InChI=1S/C14H16N2O3/c1-9(2)16-8-7-10(13(16)15)14(18)19-12-6-4-3-5-11(12)17/h3-9,17H,15H2,1-2H3. The number of nitrogen functional groups attached to an aromatic ring is 1. The van der Waals surface area contributed by atoms with E-state index in [1.807, 2.05) is 13.8 Å². The molecule has 5 heteroatoms. The summed E-state index contributed by atoms with van der Waals surface area (Å²) < 4.78 is 6.90. The molecule has 0 aliphatic carbocycles. The molecular weight excluding hydrogens is 244 g/mol. The van der Waals surface area contributed by atoms with Crippen LogP contribution in [-0.2, 0) is 0 Å². The summed E-state index contributed by atoms with van der Waals surface area (Å²) in [6, 6.07) is 8.05. The van der Waals surface area contributed by atoms with Crippen LogP contribution in [0, 0.1) is 0 Å². The Bertz CT molecular complexity index is 602. The van der Waals surface area contributed by atoms with Crippen LogP contribution in [-0.4, -0.2) is 15.6 Å². The molecule has 0 fully saturated rings. The fourth-order valence-corrected chi connectivity index (χ4v) is 1.78. The molecule has 100 valence electrons. The molecule has 2 rings (SSSR count). The fraction of sp³-hybridized carbons (Fsp3) is 0.214. The molecule has 19 heavy (non-hydrogen) atoms. The second-order valence-electron chi connectivity index (χ2n) is 4.47. The Morgan fingerprint density at radius 3 is 2.58 bits per heavy atom. The Labute approximate surface area is 111 Å². The average molecular weight is 260 g/mol. The number of nitrogens with zero attached hydrogens (tertiary/aromatic N) is 1. The van der Waals surface area contributed by atoms with Crippen LogP contribution in [0.2, 0.25) is 0 Å². The van der Waals surface area contributed by atoms with Crippen molar-refractivity contribution in [3.63, 3.8) is 0 Å². The van der Waals surface area contributed by atoms with Gasteiger partial charge in [0, 0.05) is 12.2 Å². The molecular formula is C14H16N2O3. The lowest BCUT2D eigenvalue weighted by Crippen LogP contribution is -2.12. The average Bonchev–Trinajstić information content (AvgIpc) is 2.74. The van der Waals surface area contributed by atoms with Gasteiger partial charge in [0.15, 0.2) is 11.5 Å². The van der Waals surface area contributed by atoms with Crippen LogP contribution in [0.25, 0.3) is 0 Å². The predicted molar refractivity (Wildman–Crippen MR) is 72.3 cm³/mol. The van der Waals surface area contributed by atoms with Gasteiger partial charge in [0.05, 0.1) is 0 Å².